The molecule has 1 aliphatic carbocycles. The number of likely N-dealkylation sites (tertiary alicyclic amines) is 1. The van der Waals surface area contributed by atoms with Gasteiger partial charge in [-0.25, -0.2) is 4.39 Å². The third kappa shape index (κ3) is 5.18. The van der Waals surface area contributed by atoms with Crippen molar-refractivity contribution in [3.63, 3.8) is 0 Å². The third-order valence-electron chi connectivity index (χ3n) is 5.52. The van der Waals surface area contributed by atoms with Gasteiger partial charge in [0.05, 0.1) is 5.92 Å². The van der Waals surface area contributed by atoms with Crippen LogP contribution in [0.2, 0.25) is 5.02 Å². The summed E-state index contributed by atoms with van der Waals surface area (Å²) in [4.78, 5) is 14.8. The molecule has 0 spiro atoms. The Labute approximate surface area is 154 Å². The molecule has 2 aliphatic rings. The zero-order valence-corrected chi connectivity index (χ0v) is 15.5. The van der Waals surface area contributed by atoms with Crippen LogP contribution < -0.4 is 5.32 Å². The average molecular weight is 367 g/mol. The summed E-state index contributed by atoms with van der Waals surface area (Å²) < 4.78 is 14.0. The van der Waals surface area contributed by atoms with Crippen LogP contribution in [0.15, 0.2) is 18.2 Å². The maximum atomic E-state index is 14.0. The molecular weight excluding hydrogens is 339 g/mol. The first-order chi connectivity index (χ1) is 12.1. The van der Waals surface area contributed by atoms with Crippen LogP contribution in [0.4, 0.5) is 4.39 Å². The number of hydrogen-bond acceptors (Lipinski definition) is 2. The topological polar surface area (TPSA) is 32.3 Å². The molecule has 1 heterocycles. The molecular formula is C20H28ClFN2O. The summed E-state index contributed by atoms with van der Waals surface area (Å²) in [7, 11) is 0. The minimum atomic E-state index is -0.266. The van der Waals surface area contributed by atoms with E-state index in [0.29, 0.717) is 29.7 Å². The molecule has 138 valence electrons. The van der Waals surface area contributed by atoms with Crippen molar-refractivity contribution in [2.24, 2.45) is 5.92 Å². The van der Waals surface area contributed by atoms with E-state index in [9.17, 15) is 9.18 Å². The number of nitrogens with one attached hydrogen (secondary N) is 1. The Morgan fingerprint density at radius 3 is 2.64 bits per heavy atom. The highest BCUT2D eigenvalue weighted by atomic mass is 35.5. The third-order valence-corrected chi connectivity index (χ3v) is 5.88. The van der Waals surface area contributed by atoms with Gasteiger partial charge >= 0.3 is 0 Å². The van der Waals surface area contributed by atoms with E-state index in [-0.39, 0.29) is 17.6 Å². The second-order valence-corrected chi connectivity index (χ2v) is 7.88. The summed E-state index contributed by atoms with van der Waals surface area (Å²) in [5, 5.41) is 3.73. The van der Waals surface area contributed by atoms with Gasteiger partial charge in [0.1, 0.15) is 5.82 Å². The van der Waals surface area contributed by atoms with E-state index >= 15 is 0 Å². The van der Waals surface area contributed by atoms with Crippen molar-refractivity contribution in [1.82, 2.24) is 10.2 Å². The molecule has 1 aromatic rings. The zero-order chi connectivity index (χ0) is 17.6. The van der Waals surface area contributed by atoms with Crippen molar-refractivity contribution in [2.45, 2.75) is 64.0 Å². The molecule has 1 aromatic carbocycles. The molecule has 0 aromatic heterocycles. The van der Waals surface area contributed by atoms with Crippen LogP contribution in [0.25, 0.3) is 0 Å². The van der Waals surface area contributed by atoms with Gasteiger partial charge in [-0.05, 0) is 44.4 Å². The van der Waals surface area contributed by atoms with Crippen molar-refractivity contribution in [2.75, 3.05) is 13.1 Å². The predicted molar refractivity (Wildman–Crippen MR) is 99.0 cm³/mol. The van der Waals surface area contributed by atoms with E-state index in [1.807, 2.05) is 0 Å². The maximum absolute atomic E-state index is 14.0. The number of rotatable bonds is 4. The van der Waals surface area contributed by atoms with Crippen molar-refractivity contribution >= 4 is 17.5 Å². The van der Waals surface area contributed by atoms with E-state index in [1.165, 1.54) is 31.7 Å². The molecule has 1 saturated heterocycles. The van der Waals surface area contributed by atoms with Gasteiger partial charge in [-0.15, -0.1) is 0 Å². The van der Waals surface area contributed by atoms with E-state index in [4.69, 9.17) is 11.6 Å². The number of halogens is 2. The quantitative estimate of drug-likeness (QED) is 0.794. The summed E-state index contributed by atoms with van der Waals surface area (Å²) >= 11 is 6.15. The Kier molecular flexibility index (Phi) is 6.71. The number of benzene rings is 1. The minimum absolute atomic E-state index is 0.00236. The Bertz CT molecular complexity index is 567. The van der Waals surface area contributed by atoms with Gasteiger partial charge in [-0.3, -0.25) is 9.69 Å². The maximum Gasteiger partial charge on any atom is 0.224 e. The van der Waals surface area contributed by atoms with E-state index in [0.717, 1.165) is 32.2 Å². The lowest BCUT2D eigenvalue weighted by atomic mass is 9.95. The summed E-state index contributed by atoms with van der Waals surface area (Å²) in [6.07, 6.45) is 9.09. The van der Waals surface area contributed by atoms with Gasteiger partial charge in [-0.1, -0.05) is 43.4 Å². The van der Waals surface area contributed by atoms with Crippen LogP contribution in [-0.4, -0.2) is 29.9 Å². The van der Waals surface area contributed by atoms with Gasteiger partial charge in [0, 0.05) is 29.7 Å². The molecule has 2 fully saturated rings. The standard InChI is InChI=1S/C20H28ClFN2O/c21-18-10-5-11-19(22)17(18)14-24-12-6-7-15(13-24)20(25)23-16-8-3-1-2-4-9-16/h5,10-11,15-16H,1-4,6-9,12-14H2,(H,23,25). The highest BCUT2D eigenvalue weighted by Crippen LogP contribution is 2.25. The monoisotopic (exact) mass is 366 g/mol. The fourth-order valence-corrected chi connectivity index (χ4v) is 4.29. The van der Waals surface area contributed by atoms with E-state index in [2.05, 4.69) is 10.2 Å². The highest BCUT2D eigenvalue weighted by molar-refractivity contribution is 6.31. The molecule has 3 rings (SSSR count). The van der Waals surface area contributed by atoms with Crippen molar-refractivity contribution in [1.29, 1.82) is 0 Å². The Balaban J connectivity index is 1.56. The van der Waals surface area contributed by atoms with Crippen LogP contribution in [-0.2, 0) is 11.3 Å². The number of nitrogens with zero attached hydrogens (tertiary/aromatic N) is 1. The lowest BCUT2D eigenvalue weighted by Crippen LogP contribution is -2.45. The second-order valence-electron chi connectivity index (χ2n) is 7.47. The van der Waals surface area contributed by atoms with Crippen LogP contribution >= 0.6 is 11.6 Å². The molecule has 3 nitrogen and oxygen atoms in total. The van der Waals surface area contributed by atoms with Gasteiger partial charge in [0.15, 0.2) is 0 Å². The van der Waals surface area contributed by atoms with E-state index < -0.39 is 0 Å². The fraction of sp³-hybridized carbons (Fsp3) is 0.650. The molecule has 1 amide bonds. The number of hydrogen-bond donors (Lipinski definition) is 1. The lowest BCUT2D eigenvalue weighted by Gasteiger charge is -2.33. The molecule has 25 heavy (non-hydrogen) atoms. The zero-order valence-electron chi connectivity index (χ0n) is 14.8. The molecule has 0 bridgehead atoms. The molecule has 1 saturated carbocycles. The molecule has 1 N–H and O–H groups in total. The first-order valence-corrected chi connectivity index (χ1v) is 9.97. The number of amides is 1. The summed E-state index contributed by atoms with van der Waals surface area (Å²) in [6.45, 7) is 2.04. The Morgan fingerprint density at radius 2 is 1.92 bits per heavy atom. The lowest BCUT2D eigenvalue weighted by molar-refractivity contribution is -0.127. The molecule has 1 unspecified atom stereocenters. The summed E-state index contributed by atoms with van der Waals surface area (Å²) in [5.74, 6) is -0.0867. The Morgan fingerprint density at radius 1 is 1.16 bits per heavy atom. The average Bonchev–Trinajstić information content (AvgIpc) is 2.87. The van der Waals surface area contributed by atoms with Gasteiger partial charge in [0.25, 0.3) is 0 Å². The summed E-state index contributed by atoms with van der Waals surface area (Å²) in [5.41, 5.74) is 0.536. The number of carbonyl (C=O) groups excluding carboxylic acids is 1. The van der Waals surface area contributed by atoms with Gasteiger partial charge < -0.3 is 5.32 Å². The van der Waals surface area contributed by atoms with Crippen LogP contribution in [0.1, 0.15) is 56.9 Å². The highest BCUT2D eigenvalue weighted by Gasteiger charge is 2.28. The smallest absolute Gasteiger partial charge is 0.224 e. The fourth-order valence-electron chi connectivity index (χ4n) is 4.06. The minimum Gasteiger partial charge on any atom is -0.353 e. The number of carbonyl (C=O) groups is 1. The van der Waals surface area contributed by atoms with Gasteiger partial charge in [0.2, 0.25) is 5.91 Å². The van der Waals surface area contributed by atoms with Crippen molar-refractivity contribution < 1.29 is 9.18 Å². The normalized spacial score (nSPS) is 23.2. The molecule has 5 heteroatoms. The Hall–Kier alpha value is -1.13. The largest absolute Gasteiger partial charge is 0.353 e. The van der Waals surface area contributed by atoms with Crippen LogP contribution in [0, 0.1) is 11.7 Å². The predicted octanol–water partition coefficient (Wildman–Crippen LogP) is 4.53. The van der Waals surface area contributed by atoms with Gasteiger partial charge in [-0.2, -0.15) is 0 Å². The molecule has 0 radical (unpaired) electrons. The first kappa shape index (κ1) is 18.7. The van der Waals surface area contributed by atoms with Crippen LogP contribution in [0.5, 0.6) is 0 Å². The van der Waals surface area contributed by atoms with Crippen molar-refractivity contribution in [3.05, 3.63) is 34.6 Å². The SMILES string of the molecule is O=C(NC1CCCCCC1)C1CCCN(Cc2c(F)cccc2Cl)C1. The van der Waals surface area contributed by atoms with E-state index in [1.54, 1.807) is 12.1 Å². The van der Waals surface area contributed by atoms with Crippen LogP contribution in [0.3, 0.4) is 0 Å². The summed E-state index contributed by atoms with van der Waals surface area (Å²) in [6, 6.07) is 5.13. The van der Waals surface area contributed by atoms with Crippen molar-refractivity contribution in [3.8, 4) is 0 Å². The molecule has 1 aliphatic heterocycles. The molecule has 1 atom stereocenters. The number of piperidine rings is 1. The first-order valence-electron chi connectivity index (χ1n) is 9.59. The second kappa shape index (κ2) is 9.00.